The minimum absolute atomic E-state index is 0.00567. The van der Waals surface area contributed by atoms with Crippen LogP contribution in [0.5, 0.6) is 0 Å². The van der Waals surface area contributed by atoms with Crippen LogP contribution in [0.2, 0.25) is 0 Å². The fourth-order valence-electron chi connectivity index (χ4n) is 3.25. The quantitative estimate of drug-likeness (QED) is 0.849. The highest BCUT2D eigenvalue weighted by atomic mass is 32.1. The smallest absolute Gasteiger partial charge is 0.236 e. The van der Waals surface area contributed by atoms with Crippen molar-refractivity contribution in [2.24, 2.45) is 11.1 Å². The van der Waals surface area contributed by atoms with Gasteiger partial charge in [-0.15, -0.1) is 11.3 Å². The zero-order chi connectivity index (χ0) is 16.1. The Bertz CT molecular complexity index is 630. The second-order valence-corrected chi connectivity index (χ2v) is 7.29. The van der Waals surface area contributed by atoms with E-state index in [1.807, 2.05) is 17.5 Å². The summed E-state index contributed by atoms with van der Waals surface area (Å²) >= 11 is 1.58. The van der Waals surface area contributed by atoms with Crippen LogP contribution in [-0.4, -0.2) is 17.4 Å². The number of oxazole rings is 1. The van der Waals surface area contributed by atoms with Gasteiger partial charge in [-0.25, -0.2) is 4.98 Å². The average molecular weight is 333 g/mol. The first-order valence-electron chi connectivity index (χ1n) is 8.16. The van der Waals surface area contributed by atoms with Crippen LogP contribution in [-0.2, 0) is 11.3 Å². The number of nitrogens with zero attached hydrogens (tertiary/aromatic N) is 1. The lowest BCUT2D eigenvalue weighted by molar-refractivity contribution is -0.124. The Morgan fingerprint density at radius 2 is 2.22 bits per heavy atom. The highest BCUT2D eigenvalue weighted by Gasteiger charge is 2.32. The third-order valence-electron chi connectivity index (χ3n) is 4.63. The van der Waals surface area contributed by atoms with Gasteiger partial charge >= 0.3 is 0 Å². The van der Waals surface area contributed by atoms with E-state index >= 15 is 0 Å². The van der Waals surface area contributed by atoms with E-state index < -0.39 is 0 Å². The zero-order valence-electron chi connectivity index (χ0n) is 13.2. The van der Waals surface area contributed by atoms with Crippen molar-refractivity contribution in [2.45, 2.75) is 45.1 Å². The highest BCUT2D eigenvalue weighted by molar-refractivity contribution is 7.13. The number of hydrogen-bond acceptors (Lipinski definition) is 5. The van der Waals surface area contributed by atoms with Crippen LogP contribution in [0.25, 0.3) is 10.8 Å². The molecule has 0 atom stereocenters. The molecule has 1 saturated carbocycles. The monoisotopic (exact) mass is 333 g/mol. The van der Waals surface area contributed by atoms with E-state index in [4.69, 9.17) is 10.2 Å². The van der Waals surface area contributed by atoms with Crippen molar-refractivity contribution >= 4 is 17.2 Å². The number of nitrogens with two attached hydrogens (primary N) is 1. The van der Waals surface area contributed by atoms with Crippen LogP contribution in [0.3, 0.4) is 0 Å². The number of aromatic nitrogens is 1. The lowest BCUT2D eigenvalue weighted by Crippen LogP contribution is -2.38. The standard InChI is InChI=1S/C17H23N3O2S/c18-12-17(6-2-1-3-7-17)9-15(21)19-10-13-11-22-16(20-13)14-5-4-8-23-14/h4-5,8,11H,1-3,6-7,9-10,12,18H2,(H,19,21). The van der Waals surface area contributed by atoms with Crippen molar-refractivity contribution in [3.05, 3.63) is 29.5 Å². The summed E-state index contributed by atoms with van der Waals surface area (Å²) in [4.78, 5) is 17.7. The van der Waals surface area contributed by atoms with Crippen molar-refractivity contribution in [3.8, 4) is 10.8 Å². The molecule has 6 heteroatoms. The largest absolute Gasteiger partial charge is 0.443 e. The molecule has 2 heterocycles. The number of rotatable bonds is 6. The molecule has 1 fully saturated rings. The highest BCUT2D eigenvalue weighted by Crippen LogP contribution is 2.38. The lowest BCUT2D eigenvalue weighted by Gasteiger charge is -2.35. The summed E-state index contributed by atoms with van der Waals surface area (Å²) in [6.07, 6.45) is 7.85. The molecule has 124 valence electrons. The maximum absolute atomic E-state index is 12.3. The predicted molar refractivity (Wildman–Crippen MR) is 90.9 cm³/mol. The second-order valence-electron chi connectivity index (χ2n) is 6.34. The van der Waals surface area contributed by atoms with Gasteiger partial charge in [0.05, 0.1) is 17.1 Å². The van der Waals surface area contributed by atoms with Gasteiger partial charge in [0.15, 0.2) is 0 Å². The molecule has 3 rings (SSSR count). The zero-order valence-corrected chi connectivity index (χ0v) is 14.0. The fourth-order valence-corrected chi connectivity index (χ4v) is 3.90. The first-order chi connectivity index (χ1) is 11.2. The maximum Gasteiger partial charge on any atom is 0.236 e. The van der Waals surface area contributed by atoms with Crippen LogP contribution in [0.1, 0.15) is 44.2 Å². The molecule has 0 aliphatic heterocycles. The molecule has 1 aliphatic rings. The summed E-state index contributed by atoms with van der Waals surface area (Å²) in [5.74, 6) is 0.660. The summed E-state index contributed by atoms with van der Waals surface area (Å²) in [7, 11) is 0. The Kier molecular flexibility index (Phi) is 5.13. The minimum atomic E-state index is -0.00567. The van der Waals surface area contributed by atoms with Crippen LogP contribution in [0.4, 0.5) is 0 Å². The van der Waals surface area contributed by atoms with Crippen molar-refractivity contribution in [2.75, 3.05) is 6.54 Å². The van der Waals surface area contributed by atoms with Gasteiger partial charge in [0, 0.05) is 6.42 Å². The number of hydrogen-bond donors (Lipinski definition) is 2. The van der Waals surface area contributed by atoms with Gasteiger partial charge in [-0.3, -0.25) is 4.79 Å². The third kappa shape index (κ3) is 4.00. The van der Waals surface area contributed by atoms with E-state index in [1.54, 1.807) is 17.6 Å². The van der Waals surface area contributed by atoms with E-state index in [0.717, 1.165) is 23.4 Å². The molecular formula is C17H23N3O2S. The predicted octanol–water partition coefficient (Wildman–Crippen LogP) is 3.32. The van der Waals surface area contributed by atoms with Gasteiger partial charge < -0.3 is 15.5 Å². The van der Waals surface area contributed by atoms with Gasteiger partial charge in [-0.2, -0.15) is 0 Å². The van der Waals surface area contributed by atoms with Crippen molar-refractivity contribution < 1.29 is 9.21 Å². The second kappa shape index (κ2) is 7.27. The van der Waals surface area contributed by atoms with E-state index in [2.05, 4.69) is 10.3 Å². The van der Waals surface area contributed by atoms with Gasteiger partial charge in [0.1, 0.15) is 6.26 Å². The van der Waals surface area contributed by atoms with E-state index in [9.17, 15) is 4.79 Å². The SMILES string of the molecule is NCC1(CC(=O)NCc2coc(-c3cccs3)n2)CCCCC1. The van der Waals surface area contributed by atoms with Crippen molar-refractivity contribution in [1.82, 2.24) is 10.3 Å². The Balaban J connectivity index is 1.53. The molecule has 0 saturated heterocycles. The van der Waals surface area contributed by atoms with Crippen molar-refractivity contribution in [3.63, 3.8) is 0 Å². The molecule has 1 aliphatic carbocycles. The molecule has 3 N–H and O–H groups in total. The minimum Gasteiger partial charge on any atom is -0.443 e. The molecule has 0 unspecified atom stereocenters. The molecule has 0 spiro atoms. The topological polar surface area (TPSA) is 81.2 Å². The Hall–Kier alpha value is -1.66. The maximum atomic E-state index is 12.3. The first kappa shape index (κ1) is 16.2. The Morgan fingerprint density at radius 3 is 2.91 bits per heavy atom. The molecular weight excluding hydrogens is 310 g/mol. The Morgan fingerprint density at radius 1 is 1.39 bits per heavy atom. The summed E-state index contributed by atoms with van der Waals surface area (Å²) in [5, 5.41) is 4.93. The summed E-state index contributed by atoms with van der Waals surface area (Å²) < 4.78 is 5.46. The van der Waals surface area contributed by atoms with E-state index in [-0.39, 0.29) is 11.3 Å². The molecule has 1 amide bonds. The van der Waals surface area contributed by atoms with Crippen LogP contribution in [0, 0.1) is 5.41 Å². The molecule has 0 radical (unpaired) electrons. The number of nitrogens with one attached hydrogen (secondary N) is 1. The summed E-state index contributed by atoms with van der Waals surface area (Å²) in [6, 6.07) is 3.93. The summed E-state index contributed by atoms with van der Waals surface area (Å²) in [6.45, 7) is 0.987. The molecule has 23 heavy (non-hydrogen) atoms. The van der Waals surface area contributed by atoms with Crippen LogP contribution < -0.4 is 11.1 Å². The fraction of sp³-hybridized carbons (Fsp3) is 0.529. The normalized spacial score (nSPS) is 17.1. The third-order valence-corrected chi connectivity index (χ3v) is 5.49. The van der Waals surface area contributed by atoms with Crippen molar-refractivity contribution in [1.29, 1.82) is 0 Å². The molecule has 0 aromatic carbocycles. The molecule has 0 bridgehead atoms. The van der Waals surface area contributed by atoms with Gasteiger partial charge in [0.25, 0.3) is 0 Å². The van der Waals surface area contributed by atoms with Gasteiger partial charge in [-0.1, -0.05) is 25.3 Å². The lowest BCUT2D eigenvalue weighted by atomic mass is 9.71. The number of carbonyl (C=O) groups excluding carboxylic acids is 1. The molecule has 5 nitrogen and oxygen atoms in total. The van der Waals surface area contributed by atoms with E-state index in [1.165, 1.54) is 19.3 Å². The first-order valence-corrected chi connectivity index (χ1v) is 9.04. The Labute approximate surface area is 140 Å². The molecule has 2 aromatic rings. The molecule has 2 aromatic heterocycles. The number of amides is 1. The van der Waals surface area contributed by atoms with Gasteiger partial charge in [0.2, 0.25) is 11.8 Å². The van der Waals surface area contributed by atoms with Crippen LogP contribution in [0.15, 0.2) is 28.2 Å². The van der Waals surface area contributed by atoms with E-state index in [0.29, 0.717) is 25.4 Å². The van der Waals surface area contributed by atoms with Gasteiger partial charge in [-0.05, 0) is 36.2 Å². The average Bonchev–Trinajstić information content (AvgIpc) is 3.25. The van der Waals surface area contributed by atoms with Crippen LogP contribution >= 0.6 is 11.3 Å². The number of thiophene rings is 1. The summed E-state index contributed by atoms with van der Waals surface area (Å²) in [5.41, 5.74) is 6.68. The number of carbonyl (C=O) groups is 1.